The van der Waals surface area contributed by atoms with Crippen LogP contribution >= 0.6 is 0 Å². The van der Waals surface area contributed by atoms with E-state index in [1.807, 2.05) is 4.90 Å². The van der Waals surface area contributed by atoms with Crippen molar-refractivity contribution < 1.29 is 14.3 Å². The SMILES string of the molecule is O=C(CCc1ccc(F)cc1)N1CC[C@@]2(O)CCCC[C@H]2C1. The van der Waals surface area contributed by atoms with Crippen LogP contribution in [0.15, 0.2) is 24.3 Å². The molecule has 0 aromatic heterocycles. The van der Waals surface area contributed by atoms with E-state index in [0.29, 0.717) is 32.4 Å². The van der Waals surface area contributed by atoms with Gasteiger partial charge >= 0.3 is 0 Å². The number of rotatable bonds is 3. The third-order valence-corrected chi connectivity index (χ3v) is 5.32. The quantitative estimate of drug-likeness (QED) is 0.933. The minimum atomic E-state index is -0.536. The van der Waals surface area contributed by atoms with Crippen LogP contribution in [0.5, 0.6) is 0 Å². The van der Waals surface area contributed by atoms with Crippen molar-refractivity contribution in [3.05, 3.63) is 35.6 Å². The highest BCUT2D eigenvalue weighted by Crippen LogP contribution is 2.39. The molecule has 1 amide bonds. The molecule has 1 aromatic rings. The third-order valence-electron chi connectivity index (χ3n) is 5.32. The Morgan fingerprint density at radius 3 is 2.82 bits per heavy atom. The van der Waals surface area contributed by atoms with Gasteiger partial charge in [0.05, 0.1) is 5.60 Å². The van der Waals surface area contributed by atoms with E-state index in [0.717, 1.165) is 31.2 Å². The lowest BCUT2D eigenvalue weighted by molar-refractivity contribution is -0.143. The van der Waals surface area contributed by atoms with Crippen molar-refractivity contribution in [3.63, 3.8) is 0 Å². The number of carbonyl (C=O) groups is 1. The molecule has 1 N–H and O–H groups in total. The fourth-order valence-corrected chi connectivity index (χ4v) is 3.86. The summed E-state index contributed by atoms with van der Waals surface area (Å²) < 4.78 is 12.9. The average Bonchev–Trinajstić information content (AvgIpc) is 2.53. The zero-order valence-corrected chi connectivity index (χ0v) is 12.9. The zero-order valence-electron chi connectivity index (χ0n) is 12.9. The number of amides is 1. The number of nitrogens with zero attached hydrogens (tertiary/aromatic N) is 1. The van der Waals surface area contributed by atoms with Crippen LogP contribution in [-0.4, -0.2) is 34.6 Å². The summed E-state index contributed by atoms with van der Waals surface area (Å²) in [7, 11) is 0. The summed E-state index contributed by atoms with van der Waals surface area (Å²) in [5.41, 5.74) is 0.451. The summed E-state index contributed by atoms with van der Waals surface area (Å²) in [5, 5.41) is 10.7. The third kappa shape index (κ3) is 3.32. The van der Waals surface area contributed by atoms with E-state index in [4.69, 9.17) is 0 Å². The molecule has 2 aliphatic rings. The number of fused-ring (bicyclic) bond motifs is 1. The van der Waals surface area contributed by atoms with Crippen LogP contribution in [0, 0.1) is 11.7 Å². The second-order valence-electron chi connectivity index (χ2n) is 6.76. The number of carbonyl (C=O) groups excluding carboxylic acids is 1. The monoisotopic (exact) mass is 305 g/mol. The molecule has 2 atom stereocenters. The zero-order chi connectivity index (χ0) is 15.6. The maximum absolute atomic E-state index is 12.9. The second-order valence-corrected chi connectivity index (χ2v) is 6.76. The van der Waals surface area contributed by atoms with Gasteiger partial charge in [0.15, 0.2) is 0 Å². The van der Waals surface area contributed by atoms with E-state index in [9.17, 15) is 14.3 Å². The molecule has 0 unspecified atom stereocenters. The number of aliphatic hydroxyl groups is 1. The molecule has 2 fully saturated rings. The van der Waals surface area contributed by atoms with Crippen LogP contribution in [0.2, 0.25) is 0 Å². The van der Waals surface area contributed by atoms with Crippen molar-refractivity contribution in [2.24, 2.45) is 5.92 Å². The Labute approximate surface area is 131 Å². The standard InChI is InChI=1S/C18H24FNO2/c19-16-7-4-14(5-8-16)6-9-17(21)20-12-11-18(22)10-2-1-3-15(18)13-20/h4-5,7-8,15,22H,1-3,6,9-13H2/t15-,18-/m0/s1. The van der Waals surface area contributed by atoms with Crippen LogP contribution in [0.25, 0.3) is 0 Å². The number of aryl methyl sites for hydroxylation is 1. The molecular formula is C18H24FNO2. The highest BCUT2D eigenvalue weighted by molar-refractivity contribution is 5.76. The highest BCUT2D eigenvalue weighted by Gasteiger charge is 2.43. The van der Waals surface area contributed by atoms with Crippen LogP contribution in [0.4, 0.5) is 4.39 Å². The minimum absolute atomic E-state index is 0.150. The van der Waals surface area contributed by atoms with E-state index < -0.39 is 5.60 Å². The Morgan fingerprint density at radius 2 is 2.05 bits per heavy atom. The Bertz CT molecular complexity index is 530. The van der Waals surface area contributed by atoms with Gasteiger partial charge in [-0.1, -0.05) is 25.0 Å². The molecule has 4 heteroatoms. The van der Waals surface area contributed by atoms with E-state index >= 15 is 0 Å². The Morgan fingerprint density at radius 1 is 1.27 bits per heavy atom. The van der Waals surface area contributed by atoms with Crippen molar-refractivity contribution in [2.45, 2.75) is 50.5 Å². The number of benzene rings is 1. The van der Waals surface area contributed by atoms with Gasteiger partial charge in [0.2, 0.25) is 5.91 Å². The molecule has 3 rings (SSSR count). The van der Waals surface area contributed by atoms with Gasteiger partial charge in [-0.25, -0.2) is 4.39 Å². The fourth-order valence-electron chi connectivity index (χ4n) is 3.86. The second kappa shape index (κ2) is 6.37. The van der Waals surface area contributed by atoms with Gasteiger partial charge in [0.1, 0.15) is 5.82 Å². The minimum Gasteiger partial charge on any atom is -0.389 e. The van der Waals surface area contributed by atoms with Gasteiger partial charge < -0.3 is 10.0 Å². The summed E-state index contributed by atoms with van der Waals surface area (Å²) >= 11 is 0. The number of halogens is 1. The molecule has 1 saturated carbocycles. The lowest BCUT2D eigenvalue weighted by Crippen LogP contribution is -2.54. The molecule has 1 aromatic carbocycles. The number of piperidine rings is 1. The normalized spacial score (nSPS) is 28.3. The van der Waals surface area contributed by atoms with Crippen molar-refractivity contribution >= 4 is 5.91 Å². The van der Waals surface area contributed by atoms with Crippen molar-refractivity contribution in [2.75, 3.05) is 13.1 Å². The topological polar surface area (TPSA) is 40.5 Å². The van der Waals surface area contributed by atoms with Crippen LogP contribution in [0.1, 0.15) is 44.1 Å². The largest absolute Gasteiger partial charge is 0.389 e. The number of hydrogen-bond donors (Lipinski definition) is 1. The maximum Gasteiger partial charge on any atom is 0.222 e. The molecule has 0 bridgehead atoms. The molecule has 1 saturated heterocycles. The van der Waals surface area contributed by atoms with E-state index in [-0.39, 0.29) is 17.6 Å². The predicted octanol–water partition coefficient (Wildman–Crippen LogP) is 2.91. The molecular weight excluding hydrogens is 281 g/mol. The molecule has 22 heavy (non-hydrogen) atoms. The summed E-state index contributed by atoms with van der Waals surface area (Å²) in [6, 6.07) is 6.34. The van der Waals surface area contributed by atoms with Crippen molar-refractivity contribution in [1.82, 2.24) is 4.90 Å². The Balaban J connectivity index is 1.53. The van der Waals surface area contributed by atoms with Gasteiger partial charge in [0.25, 0.3) is 0 Å². The summed E-state index contributed by atoms with van der Waals surface area (Å²) in [6.07, 6.45) is 5.98. The Kier molecular flexibility index (Phi) is 4.48. The smallest absolute Gasteiger partial charge is 0.222 e. The van der Waals surface area contributed by atoms with Crippen LogP contribution in [-0.2, 0) is 11.2 Å². The molecule has 0 spiro atoms. The van der Waals surface area contributed by atoms with E-state index in [1.54, 1.807) is 12.1 Å². The van der Waals surface area contributed by atoms with Crippen molar-refractivity contribution in [3.8, 4) is 0 Å². The van der Waals surface area contributed by atoms with Gasteiger partial charge in [-0.3, -0.25) is 4.79 Å². The first kappa shape index (κ1) is 15.5. The molecule has 1 aliphatic heterocycles. The first-order valence-corrected chi connectivity index (χ1v) is 8.31. The molecule has 1 aliphatic carbocycles. The summed E-state index contributed by atoms with van der Waals surface area (Å²) in [4.78, 5) is 14.3. The first-order valence-electron chi connectivity index (χ1n) is 8.31. The Hall–Kier alpha value is -1.42. The van der Waals surface area contributed by atoms with E-state index in [1.165, 1.54) is 12.1 Å². The molecule has 120 valence electrons. The van der Waals surface area contributed by atoms with E-state index in [2.05, 4.69) is 0 Å². The fraction of sp³-hybridized carbons (Fsp3) is 0.611. The van der Waals surface area contributed by atoms with Gasteiger partial charge in [0, 0.05) is 25.4 Å². The van der Waals surface area contributed by atoms with Gasteiger partial charge in [-0.15, -0.1) is 0 Å². The average molecular weight is 305 g/mol. The van der Waals surface area contributed by atoms with Crippen LogP contribution < -0.4 is 0 Å². The number of likely N-dealkylation sites (tertiary alicyclic amines) is 1. The molecule has 0 radical (unpaired) electrons. The van der Waals surface area contributed by atoms with Gasteiger partial charge in [-0.2, -0.15) is 0 Å². The molecule has 1 heterocycles. The number of hydrogen-bond acceptors (Lipinski definition) is 2. The summed E-state index contributed by atoms with van der Waals surface area (Å²) in [6.45, 7) is 1.36. The van der Waals surface area contributed by atoms with Gasteiger partial charge in [-0.05, 0) is 43.4 Å². The predicted molar refractivity (Wildman–Crippen MR) is 82.8 cm³/mol. The molecule has 3 nitrogen and oxygen atoms in total. The lowest BCUT2D eigenvalue weighted by atomic mass is 9.71. The summed E-state index contributed by atoms with van der Waals surface area (Å²) in [5.74, 6) is 0.143. The highest BCUT2D eigenvalue weighted by atomic mass is 19.1. The first-order chi connectivity index (χ1) is 10.6. The lowest BCUT2D eigenvalue weighted by Gasteiger charge is -2.47. The maximum atomic E-state index is 12.9. The van der Waals surface area contributed by atoms with Crippen LogP contribution in [0.3, 0.4) is 0 Å². The van der Waals surface area contributed by atoms with Crippen molar-refractivity contribution in [1.29, 1.82) is 0 Å².